The molecule has 3 heteroatoms. The second kappa shape index (κ2) is 15.9. The molecule has 0 saturated carbocycles. The van der Waals surface area contributed by atoms with Gasteiger partial charge in [0.15, 0.2) is 0 Å². The molecule has 9 aromatic carbocycles. The Labute approximate surface area is 436 Å². The molecule has 13 rings (SSSR count). The summed E-state index contributed by atoms with van der Waals surface area (Å²) >= 11 is 0. The van der Waals surface area contributed by atoms with Crippen molar-refractivity contribution in [3.8, 4) is 28.2 Å². The Bertz CT molecular complexity index is 3870. The first kappa shape index (κ1) is 46.2. The van der Waals surface area contributed by atoms with Crippen LogP contribution in [0.15, 0.2) is 182 Å². The van der Waals surface area contributed by atoms with Crippen LogP contribution in [0, 0.1) is 0 Å². The van der Waals surface area contributed by atoms with E-state index in [2.05, 4.69) is 279 Å². The topological polar surface area (TPSA) is 14.8 Å². The van der Waals surface area contributed by atoms with Crippen molar-refractivity contribution in [1.82, 2.24) is 13.7 Å². The highest BCUT2D eigenvalue weighted by molar-refractivity contribution is 6.14. The number of benzene rings is 9. The van der Waals surface area contributed by atoms with E-state index < -0.39 is 0 Å². The molecule has 1 aliphatic carbocycles. The SMILES string of the molecule is CC(C)(C)c1ccc2c(c1)c1cc(C(C)(C)C)ccc1n2-c1ccc2c3ccc(-n4c5ccc(C(C)(C)C)cc5c5cc(C(C)(C)C)ccc54)cc3n(-c3ccc(C4c5ccccc5-c5ccccc54)cc3)c2c1. The molecule has 3 aromatic heterocycles. The Balaban J connectivity index is 1.06. The summed E-state index contributed by atoms with van der Waals surface area (Å²) in [6, 6.07) is 70.3. The van der Waals surface area contributed by atoms with E-state index in [0.717, 1.165) is 17.1 Å². The number of nitrogens with zero attached hydrogens (tertiary/aromatic N) is 3. The molecule has 0 radical (unpaired) electrons. The number of aromatic nitrogens is 3. The molecule has 0 unspecified atom stereocenters. The summed E-state index contributed by atoms with van der Waals surface area (Å²) in [6.45, 7) is 27.8. The molecule has 0 amide bonds. The Morgan fingerprint density at radius 1 is 0.270 bits per heavy atom. The van der Waals surface area contributed by atoms with E-state index in [0.29, 0.717) is 0 Å². The highest BCUT2D eigenvalue weighted by atomic mass is 15.0. The molecule has 0 spiro atoms. The molecule has 0 atom stereocenters. The van der Waals surface area contributed by atoms with Gasteiger partial charge in [-0.05, 0) is 157 Å². The molecule has 0 aliphatic heterocycles. The molecule has 3 nitrogen and oxygen atoms in total. The van der Waals surface area contributed by atoms with Crippen molar-refractivity contribution >= 4 is 65.4 Å². The van der Waals surface area contributed by atoms with Gasteiger partial charge in [0.2, 0.25) is 0 Å². The minimum Gasteiger partial charge on any atom is -0.309 e. The Morgan fingerprint density at radius 3 is 0.919 bits per heavy atom. The van der Waals surface area contributed by atoms with Crippen LogP contribution < -0.4 is 0 Å². The molecule has 1 aliphatic rings. The third kappa shape index (κ3) is 7.14. The molecule has 12 aromatic rings. The first-order chi connectivity index (χ1) is 35.2. The smallest absolute Gasteiger partial charge is 0.0561 e. The van der Waals surface area contributed by atoms with Gasteiger partial charge in [-0.25, -0.2) is 0 Å². The molecular formula is C71H67N3. The van der Waals surface area contributed by atoms with E-state index >= 15 is 0 Å². The van der Waals surface area contributed by atoms with Crippen LogP contribution in [0.4, 0.5) is 0 Å². The molecule has 0 bridgehead atoms. The second-order valence-electron chi connectivity index (χ2n) is 25.5. The normalized spacial score (nSPS) is 13.6. The molecule has 0 N–H and O–H groups in total. The Morgan fingerprint density at radius 2 is 0.581 bits per heavy atom. The molecule has 366 valence electrons. The van der Waals surface area contributed by atoms with Crippen molar-refractivity contribution in [3.63, 3.8) is 0 Å². The summed E-state index contributed by atoms with van der Waals surface area (Å²) in [5.74, 6) is 0.175. The third-order valence-electron chi connectivity index (χ3n) is 16.6. The standard InChI is InChI=1S/C71H67N3/c1-68(2,3)44-23-33-61-57(37-44)58-38-45(69(4,5)6)24-34-62(58)73(61)49-29-31-53-54-32-30-50(74-63-35-25-46(70(7,8)9)39-59(63)60-40-47(71(10,11)12)26-36-64(60)74)42-66(54)72(65(53)41-49)48-27-21-43(22-28-48)67-55-19-15-13-17-51(55)52-18-14-16-20-56(52)67/h13-42,67H,1-12H3. The van der Waals surface area contributed by atoms with Crippen LogP contribution in [0.25, 0.3) is 93.6 Å². The highest BCUT2D eigenvalue weighted by Gasteiger charge is 2.30. The summed E-state index contributed by atoms with van der Waals surface area (Å²) in [5.41, 5.74) is 22.9. The fourth-order valence-corrected chi connectivity index (χ4v) is 12.4. The van der Waals surface area contributed by atoms with Crippen molar-refractivity contribution < 1.29 is 0 Å². The zero-order valence-electron chi connectivity index (χ0n) is 45.2. The summed E-state index contributed by atoms with van der Waals surface area (Å²) in [5, 5.41) is 7.65. The first-order valence-electron chi connectivity index (χ1n) is 26.8. The highest BCUT2D eigenvalue weighted by Crippen LogP contribution is 2.49. The molecule has 74 heavy (non-hydrogen) atoms. The fraction of sp³-hybridized carbons (Fsp3) is 0.239. The summed E-state index contributed by atoms with van der Waals surface area (Å²) in [6.07, 6.45) is 0. The van der Waals surface area contributed by atoms with Crippen molar-refractivity contribution in [3.05, 3.63) is 221 Å². The van der Waals surface area contributed by atoms with Crippen LogP contribution >= 0.6 is 0 Å². The predicted octanol–water partition coefficient (Wildman–Crippen LogP) is 19.3. The van der Waals surface area contributed by atoms with Crippen molar-refractivity contribution in [2.75, 3.05) is 0 Å². The van der Waals surface area contributed by atoms with Crippen LogP contribution in [0.1, 0.15) is 128 Å². The zero-order chi connectivity index (χ0) is 51.4. The lowest BCUT2D eigenvalue weighted by atomic mass is 9.85. The van der Waals surface area contributed by atoms with Gasteiger partial charge in [0.05, 0.1) is 33.1 Å². The number of rotatable bonds is 4. The minimum atomic E-state index is 0.0208. The van der Waals surface area contributed by atoms with Crippen molar-refractivity contribution in [1.29, 1.82) is 0 Å². The molecule has 3 heterocycles. The predicted molar refractivity (Wildman–Crippen MR) is 317 cm³/mol. The maximum absolute atomic E-state index is 2.53. The molecule has 0 fully saturated rings. The quantitative estimate of drug-likeness (QED) is 0.167. The first-order valence-corrected chi connectivity index (χ1v) is 26.8. The molecular weight excluding hydrogens is 895 g/mol. The largest absolute Gasteiger partial charge is 0.309 e. The van der Waals surface area contributed by atoms with Crippen molar-refractivity contribution in [2.24, 2.45) is 0 Å². The number of hydrogen-bond acceptors (Lipinski definition) is 0. The Kier molecular flexibility index (Phi) is 9.95. The van der Waals surface area contributed by atoms with Gasteiger partial charge in [-0.1, -0.05) is 180 Å². The number of fused-ring (bicyclic) bond motifs is 12. The monoisotopic (exact) mass is 962 g/mol. The van der Waals surface area contributed by atoms with Gasteiger partial charge in [-0.3, -0.25) is 0 Å². The minimum absolute atomic E-state index is 0.0208. The van der Waals surface area contributed by atoms with Gasteiger partial charge in [0.1, 0.15) is 0 Å². The van der Waals surface area contributed by atoms with Gasteiger partial charge in [-0.2, -0.15) is 0 Å². The van der Waals surface area contributed by atoms with Gasteiger partial charge in [0.25, 0.3) is 0 Å². The average Bonchev–Trinajstić information content (AvgIpc) is 4.10. The average molecular weight is 962 g/mol. The van der Waals surface area contributed by atoms with E-state index in [1.165, 1.54) is 115 Å². The summed E-state index contributed by atoms with van der Waals surface area (Å²) < 4.78 is 7.54. The van der Waals surface area contributed by atoms with Gasteiger partial charge >= 0.3 is 0 Å². The van der Waals surface area contributed by atoms with E-state index in [9.17, 15) is 0 Å². The number of hydrogen-bond donors (Lipinski definition) is 0. The third-order valence-corrected chi connectivity index (χ3v) is 16.6. The van der Waals surface area contributed by atoms with E-state index in [-0.39, 0.29) is 27.6 Å². The lowest BCUT2D eigenvalue weighted by Crippen LogP contribution is -2.10. The van der Waals surface area contributed by atoms with Crippen LogP contribution in [-0.4, -0.2) is 13.7 Å². The van der Waals surface area contributed by atoms with E-state index in [4.69, 9.17) is 0 Å². The van der Waals surface area contributed by atoms with Crippen LogP contribution in [0.3, 0.4) is 0 Å². The van der Waals surface area contributed by atoms with Crippen molar-refractivity contribution in [2.45, 2.75) is 111 Å². The van der Waals surface area contributed by atoms with Crippen LogP contribution in [-0.2, 0) is 21.7 Å². The maximum atomic E-state index is 2.53. The van der Waals surface area contributed by atoms with Gasteiger partial charge in [0, 0.05) is 55.3 Å². The summed E-state index contributed by atoms with van der Waals surface area (Å²) in [4.78, 5) is 0. The lowest BCUT2D eigenvalue weighted by molar-refractivity contribution is 0.590. The van der Waals surface area contributed by atoms with E-state index in [1.807, 2.05) is 0 Å². The Hall–Kier alpha value is -7.62. The van der Waals surface area contributed by atoms with Gasteiger partial charge in [-0.15, -0.1) is 0 Å². The van der Waals surface area contributed by atoms with Crippen LogP contribution in [0.5, 0.6) is 0 Å². The van der Waals surface area contributed by atoms with Crippen LogP contribution in [0.2, 0.25) is 0 Å². The van der Waals surface area contributed by atoms with E-state index in [1.54, 1.807) is 0 Å². The summed E-state index contributed by atoms with van der Waals surface area (Å²) in [7, 11) is 0. The lowest BCUT2D eigenvalue weighted by Gasteiger charge is -2.19. The maximum Gasteiger partial charge on any atom is 0.0561 e. The molecule has 0 saturated heterocycles. The van der Waals surface area contributed by atoms with Gasteiger partial charge < -0.3 is 13.7 Å². The zero-order valence-corrected chi connectivity index (χ0v) is 45.2. The second-order valence-corrected chi connectivity index (χ2v) is 25.5. The fourth-order valence-electron chi connectivity index (χ4n) is 12.4.